The molecule has 0 spiro atoms. The number of benzene rings is 1. The van der Waals surface area contributed by atoms with Crippen molar-refractivity contribution in [2.24, 2.45) is 0 Å². The molecule has 1 aromatic carbocycles. The van der Waals surface area contributed by atoms with Crippen molar-refractivity contribution in [3.63, 3.8) is 0 Å². The lowest BCUT2D eigenvalue weighted by atomic mass is 10.0. The Labute approximate surface area is 108 Å². The standard InChI is InChI=1S/C14H19ClO2/c15-13-8-2-1-7-12(13)14(16)9-3-5-11-6-4-10-17-11/h1-2,7-8,11,14,16H,3-6,9-10H2. The summed E-state index contributed by atoms with van der Waals surface area (Å²) in [5.41, 5.74) is 0.835. The average molecular weight is 255 g/mol. The van der Waals surface area contributed by atoms with Crippen LogP contribution in [0.2, 0.25) is 5.02 Å². The lowest BCUT2D eigenvalue weighted by Gasteiger charge is -2.14. The molecule has 1 aliphatic heterocycles. The zero-order valence-corrected chi connectivity index (χ0v) is 10.7. The summed E-state index contributed by atoms with van der Waals surface area (Å²) in [4.78, 5) is 0. The van der Waals surface area contributed by atoms with E-state index in [1.54, 1.807) is 0 Å². The van der Waals surface area contributed by atoms with E-state index in [2.05, 4.69) is 0 Å². The molecule has 1 aromatic rings. The Morgan fingerprint density at radius 3 is 2.94 bits per heavy atom. The molecular weight excluding hydrogens is 236 g/mol. The zero-order chi connectivity index (χ0) is 12.1. The minimum atomic E-state index is -0.454. The van der Waals surface area contributed by atoms with Crippen LogP contribution in [-0.2, 0) is 4.74 Å². The monoisotopic (exact) mass is 254 g/mol. The quantitative estimate of drug-likeness (QED) is 0.868. The van der Waals surface area contributed by atoms with Crippen LogP contribution in [0, 0.1) is 0 Å². The summed E-state index contributed by atoms with van der Waals surface area (Å²) in [6, 6.07) is 7.49. The Kier molecular flexibility index (Phi) is 4.84. The van der Waals surface area contributed by atoms with Gasteiger partial charge in [-0.05, 0) is 43.7 Å². The van der Waals surface area contributed by atoms with Gasteiger partial charge in [0.25, 0.3) is 0 Å². The SMILES string of the molecule is OC(CCCC1CCCO1)c1ccccc1Cl. The molecule has 3 heteroatoms. The van der Waals surface area contributed by atoms with E-state index >= 15 is 0 Å². The second-order valence-corrected chi connectivity index (χ2v) is 5.01. The summed E-state index contributed by atoms with van der Waals surface area (Å²) < 4.78 is 5.56. The van der Waals surface area contributed by atoms with Crippen LogP contribution in [0.15, 0.2) is 24.3 Å². The van der Waals surface area contributed by atoms with E-state index in [1.807, 2.05) is 24.3 Å². The minimum Gasteiger partial charge on any atom is -0.388 e. The fourth-order valence-electron chi connectivity index (χ4n) is 2.31. The molecular formula is C14H19ClO2. The van der Waals surface area contributed by atoms with Crippen molar-refractivity contribution in [3.8, 4) is 0 Å². The van der Waals surface area contributed by atoms with E-state index in [0.29, 0.717) is 11.1 Å². The van der Waals surface area contributed by atoms with Crippen LogP contribution in [0.4, 0.5) is 0 Å². The van der Waals surface area contributed by atoms with Crippen LogP contribution in [0.3, 0.4) is 0 Å². The second kappa shape index (κ2) is 6.39. The number of hydrogen-bond acceptors (Lipinski definition) is 2. The van der Waals surface area contributed by atoms with Crippen LogP contribution < -0.4 is 0 Å². The van der Waals surface area contributed by atoms with Crippen molar-refractivity contribution in [2.75, 3.05) is 6.61 Å². The molecule has 1 fully saturated rings. The van der Waals surface area contributed by atoms with Gasteiger partial charge in [0.15, 0.2) is 0 Å². The first-order chi connectivity index (χ1) is 8.27. The highest BCUT2D eigenvalue weighted by Gasteiger charge is 2.16. The van der Waals surface area contributed by atoms with Crippen molar-refractivity contribution in [2.45, 2.75) is 44.3 Å². The zero-order valence-electron chi connectivity index (χ0n) is 9.94. The van der Waals surface area contributed by atoms with Crippen LogP contribution in [0.1, 0.15) is 43.8 Å². The van der Waals surface area contributed by atoms with Crippen molar-refractivity contribution < 1.29 is 9.84 Å². The highest BCUT2D eigenvalue weighted by Crippen LogP contribution is 2.27. The number of aliphatic hydroxyl groups excluding tert-OH is 1. The molecule has 1 heterocycles. The average Bonchev–Trinajstić information content (AvgIpc) is 2.82. The molecule has 1 aliphatic rings. The van der Waals surface area contributed by atoms with Gasteiger partial charge in [-0.1, -0.05) is 29.8 Å². The molecule has 1 saturated heterocycles. The van der Waals surface area contributed by atoms with Gasteiger partial charge in [-0.2, -0.15) is 0 Å². The number of aliphatic hydroxyl groups is 1. The van der Waals surface area contributed by atoms with E-state index in [1.165, 1.54) is 12.8 Å². The molecule has 2 unspecified atom stereocenters. The first-order valence-electron chi connectivity index (χ1n) is 6.31. The molecule has 17 heavy (non-hydrogen) atoms. The van der Waals surface area contributed by atoms with Gasteiger partial charge in [-0.15, -0.1) is 0 Å². The molecule has 0 aromatic heterocycles. The summed E-state index contributed by atoms with van der Waals surface area (Å²) in [6.07, 6.45) is 5.08. The minimum absolute atomic E-state index is 0.411. The van der Waals surface area contributed by atoms with Crippen molar-refractivity contribution in [3.05, 3.63) is 34.9 Å². The van der Waals surface area contributed by atoms with Gasteiger partial charge in [0.05, 0.1) is 12.2 Å². The Morgan fingerprint density at radius 2 is 2.24 bits per heavy atom. The molecule has 0 saturated carbocycles. The Morgan fingerprint density at radius 1 is 1.41 bits per heavy atom. The molecule has 2 atom stereocenters. The predicted molar refractivity (Wildman–Crippen MR) is 69.2 cm³/mol. The summed E-state index contributed by atoms with van der Waals surface area (Å²) >= 11 is 6.04. The lowest BCUT2D eigenvalue weighted by Crippen LogP contribution is -2.06. The van der Waals surface area contributed by atoms with Crippen LogP contribution in [0.5, 0.6) is 0 Å². The first-order valence-corrected chi connectivity index (χ1v) is 6.69. The predicted octanol–water partition coefficient (Wildman–Crippen LogP) is 3.72. The third-order valence-electron chi connectivity index (χ3n) is 3.29. The van der Waals surface area contributed by atoms with E-state index < -0.39 is 6.10 Å². The maximum atomic E-state index is 10.1. The highest BCUT2D eigenvalue weighted by molar-refractivity contribution is 6.31. The molecule has 0 bridgehead atoms. The summed E-state index contributed by atoms with van der Waals surface area (Å²) in [7, 11) is 0. The number of halogens is 1. The van der Waals surface area contributed by atoms with E-state index in [4.69, 9.17) is 16.3 Å². The second-order valence-electron chi connectivity index (χ2n) is 4.60. The van der Waals surface area contributed by atoms with Gasteiger partial charge in [0, 0.05) is 11.6 Å². The van der Waals surface area contributed by atoms with Gasteiger partial charge in [-0.3, -0.25) is 0 Å². The molecule has 0 radical (unpaired) electrons. The van der Waals surface area contributed by atoms with Gasteiger partial charge in [0.2, 0.25) is 0 Å². The number of ether oxygens (including phenoxy) is 1. The maximum absolute atomic E-state index is 10.1. The van der Waals surface area contributed by atoms with Crippen LogP contribution >= 0.6 is 11.6 Å². The number of hydrogen-bond donors (Lipinski definition) is 1. The van der Waals surface area contributed by atoms with Gasteiger partial charge < -0.3 is 9.84 Å². The first kappa shape index (κ1) is 12.9. The molecule has 0 amide bonds. The van der Waals surface area contributed by atoms with Crippen LogP contribution in [-0.4, -0.2) is 17.8 Å². The Bertz CT molecular complexity index is 348. The summed E-state index contributed by atoms with van der Waals surface area (Å²) in [6.45, 7) is 0.901. The highest BCUT2D eigenvalue weighted by atomic mass is 35.5. The smallest absolute Gasteiger partial charge is 0.0804 e. The van der Waals surface area contributed by atoms with Crippen molar-refractivity contribution in [1.29, 1.82) is 0 Å². The maximum Gasteiger partial charge on any atom is 0.0804 e. The van der Waals surface area contributed by atoms with Crippen LogP contribution in [0.25, 0.3) is 0 Å². The van der Waals surface area contributed by atoms with E-state index in [9.17, 15) is 5.11 Å². The topological polar surface area (TPSA) is 29.5 Å². The fourth-order valence-corrected chi connectivity index (χ4v) is 2.57. The third-order valence-corrected chi connectivity index (χ3v) is 3.64. The molecule has 1 N–H and O–H groups in total. The van der Waals surface area contributed by atoms with Gasteiger partial charge in [0.1, 0.15) is 0 Å². The fraction of sp³-hybridized carbons (Fsp3) is 0.571. The molecule has 2 nitrogen and oxygen atoms in total. The largest absolute Gasteiger partial charge is 0.388 e. The molecule has 94 valence electrons. The molecule has 0 aliphatic carbocycles. The third kappa shape index (κ3) is 3.70. The molecule has 2 rings (SSSR count). The van der Waals surface area contributed by atoms with Crippen molar-refractivity contribution >= 4 is 11.6 Å². The van der Waals surface area contributed by atoms with Gasteiger partial charge in [-0.25, -0.2) is 0 Å². The van der Waals surface area contributed by atoms with E-state index in [0.717, 1.165) is 31.4 Å². The lowest BCUT2D eigenvalue weighted by molar-refractivity contribution is 0.0945. The van der Waals surface area contributed by atoms with Gasteiger partial charge >= 0.3 is 0 Å². The summed E-state index contributed by atoms with van der Waals surface area (Å²) in [5, 5.41) is 10.7. The van der Waals surface area contributed by atoms with E-state index in [-0.39, 0.29) is 0 Å². The number of rotatable bonds is 5. The Balaban J connectivity index is 1.77. The van der Waals surface area contributed by atoms with Crippen molar-refractivity contribution in [1.82, 2.24) is 0 Å². The normalized spacial score (nSPS) is 21.6. The summed E-state index contributed by atoms with van der Waals surface area (Å²) in [5.74, 6) is 0. The Hall–Kier alpha value is -0.570.